The van der Waals surface area contributed by atoms with E-state index in [2.05, 4.69) is 41.7 Å². The van der Waals surface area contributed by atoms with Crippen LogP contribution in [0.15, 0.2) is 42.5 Å². The Hall–Kier alpha value is -1.80. The Bertz CT molecular complexity index is 662. The van der Waals surface area contributed by atoms with Gasteiger partial charge in [0.2, 0.25) is 0 Å². The molecule has 0 amide bonds. The maximum absolute atomic E-state index is 5.90. The number of rotatable bonds is 2. The molecule has 2 aliphatic rings. The van der Waals surface area contributed by atoms with Crippen molar-refractivity contribution in [3.05, 3.63) is 64.7 Å². The predicted molar refractivity (Wildman–Crippen MR) is 87.2 cm³/mol. The number of nitrogen functional groups attached to an aromatic ring is 1. The number of anilines is 1. The van der Waals surface area contributed by atoms with Gasteiger partial charge in [-0.05, 0) is 66.5 Å². The summed E-state index contributed by atoms with van der Waals surface area (Å²) in [5.74, 6) is 0. The van der Waals surface area contributed by atoms with Crippen molar-refractivity contribution in [1.82, 2.24) is 5.32 Å². The SMILES string of the molecule is Nc1ccc2c(c1)CCC2NC1CCCc2ccccc21. The fourth-order valence-electron chi connectivity index (χ4n) is 3.98. The second-order valence-corrected chi connectivity index (χ2v) is 6.36. The maximum Gasteiger partial charge on any atom is 0.0331 e. The van der Waals surface area contributed by atoms with Crippen LogP contribution in [-0.2, 0) is 12.8 Å². The van der Waals surface area contributed by atoms with Crippen molar-refractivity contribution in [1.29, 1.82) is 0 Å². The normalized spacial score (nSPS) is 23.6. The standard InChI is InChI=1S/C19H22N2/c20-15-9-10-17-14(12-15)8-11-19(17)21-18-7-3-5-13-4-1-2-6-16(13)18/h1-2,4,6,9-10,12,18-19,21H,3,5,7-8,11,20H2. The van der Waals surface area contributed by atoms with E-state index in [-0.39, 0.29) is 0 Å². The zero-order chi connectivity index (χ0) is 14.2. The van der Waals surface area contributed by atoms with Gasteiger partial charge < -0.3 is 11.1 Å². The number of hydrogen-bond acceptors (Lipinski definition) is 2. The summed E-state index contributed by atoms with van der Waals surface area (Å²) < 4.78 is 0. The third-order valence-corrected chi connectivity index (χ3v) is 5.02. The molecule has 0 aliphatic heterocycles. The van der Waals surface area contributed by atoms with Crippen LogP contribution < -0.4 is 11.1 Å². The molecule has 2 nitrogen and oxygen atoms in total. The zero-order valence-corrected chi connectivity index (χ0v) is 12.3. The van der Waals surface area contributed by atoms with Crippen molar-refractivity contribution >= 4 is 5.69 Å². The zero-order valence-electron chi connectivity index (χ0n) is 12.3. The van der Waals surface area contributed by atoms with Gasteiger partial charge in [0.25, 0.3) is 0 Å². The lowest BCUT2D eigenvalue weighted by atomic mass is 9.87. The quantitative estimate of drug-likeness (QED) is 0.817. The Kier molecular flexibility index (Phi) is 3.19. The Balaban J connectivity index is 1.59. The van der Waals surface area contributed by atoms with E-state index in [1.807, 2.05) is 6.07 Å². The number of benzene rings is 2. The van der Waals surface area contributed by atoms with Gasteiger partial charge in [-0.3, -0.25) is 0 Å². The maximum atomic E-state index is 5.90. The van der Waals surface area contributed by atoms with E-state index in [9.17, 15) is 0 Å². The lowest BCUT2D eigenvalue weighted by Gasteiger charge is -2.29. The van der Waals surface area contributed by atoms with Crippen molar-refractivity contribution in [3.63, 3.8) is 0 Å². The number of hydrogen-bond donors (Lipinski definition) is 2. The van der Waals surface area contributed by atoms with Gasteiger partial charge in [0.1, 0.15) is 0 Å². The molecule has 108 valence electrons. The van der Waals surface area contributed by atoms with Gasteiger partial charge in [-0.25, -0.2) is 0 Å². The van der Waals surface area contributed by atoms with E-state index < -0.39 is 0 Å². The molecule has 21 heavy (non-hydrogen) atoms. The van der Waals surface area contributed by atoms with Crippen LogP contribution in [0.5, 0.6) is 0 Å². The van der Waals surface area contributed by atoms with E-state index in [4.69, 9.17) is 5.73 Å². The van der Waals surface area contributed by atoms with Gasteiger partial charge >= 0.3 is 0 Å². The molecule has 2 aliphatic carbocycles. The average molecular weight is 278 g/mol. The van der Waals surface area contributed by atoms with Crippen LogP contribution in [0.1, 0.15) is 53.6 Å². The predicted octanol–water partition coefficient (Wildman–Crippen LogP) is 3.92. The first-order valence-electron chi connectivity index (χ1n) is 8.03. The molecule has 2 unspecified atom stereocenters. The fraction of sp³-hybridized carbons (Fsp3) is 0.368. The summed E-state index contributed by atoms with van der Waals surface area (Å²) in [6.45, 7) is 0. The highest BCUT2D eigenvalue weighted by molar-refractivity contribution is 5.48. The summed E-state index contributed by atoms with van der Waals surface area (Å²) in [6, 6.07) is 16.3. The Morgan fingerprint density at radius 3 is 2.62 bits per heavy atom. The second kappa shape index (κ2) is 5.19. The van der Waals surface area contributed by atoms with Crippen molar-refractivity contribution in [2.75, 3.05) is 5.73 Å². The fourth-order valence-corrected chi connectivity index (χ4v) is 3.98. The van der Waals surface area contributed by atoms with Crippen LogP contribution in [0.3, 0.4) is 0 Å². The van der Waals surface area contributed by atoms with Gasteiger partial charge in [-0.15, -0.1) is 0 Å². The van der Waals surface area contributed by atoms with E-state index in [0.717, 1.165) is 12.1 Å². The van der Waals surface area contributed by atoms with Gasteiger partial charge in [0.05, 0.1) is 0 Å². The summed E-state index contributed by atoms with van der Waals surface area (Å²) >= 11 is 0. The molecule has 3 N–H and O–H groups in total. The summed E-state index contributed by atoms with van der Waals surface area (Å²) in [4.78, 5) is 0. The molecule has 0 radical (unpaired) electrons. The van der Waals surface area contributed by atoms with Crippen molar-refractivity contribution in [2.45, 2.75) is 44.2 Å². The number of nitrogens with one attached hydrogen (secondary N) is 1. The first-order chi connectivity index (χ1) is 10.3. The highest BCUT2D eigenvalue weighted by atomic mass is 15.0. The first kappa shape index (κ1) is 12.9. The molecule has 0 saturated heterocycles. The van der Waals surface area contributed by atoms with E-state index >= 15 is 0 Å². The van der Waals surface area contributed by atoms with Gasteiger partial charge in [0, 0.05) is 17.8 Å². The third kappa shape index (κ3) is 2.34. The minimum absolute atomic E-state index is 0.483. The second-order valence-electron chi connectivity index (χ2n) is 6.36. The number of aryl methyl sites for hydroxylation is 2. The molecule has 2 aromatic carbocycles. The van der Waals surface area contributed by atoms with Gasteiger partial charge in [0.15, 0.2) is 0 Å². The van der Waals surface area contributed by atoms with Crippen LogP contribution in [0, 0.1) is 0 Å². The van der Waals surface area contributed by atoms with E-state index in [1.165, 1.54) is 47.9 Å². The third-order valence-electron chi connectivity index (χ3n) is 5.02. The Labute approximate surface area is 126 Å². The summed E-state index contributed by atoms with van der Waals surface area (Å²) in [6.07, 6.45) is 6.10. The summed E-state index contributed by atoms with van der Waals surface area (Å²) in [7, 11) is 0. The lowest BCUT2D eigenvalue weighted by molar-refractivity contribution is 0.398. The smallest absolute Gasteiger partial charge is 0.0331 e. The molecule has 2 heteroatoms. The monoisotopic (exact) mass is 278 g/mol. The molecule has 0 fully saturated rings. The summed E-state index contributed by atoms with van der Waals surface area (Å²) in [5.41, 5.74) is 12.7. The number of nitrogens with two attached hydrogens (primary N) is 1. The van der Waals surface area contributed by atoms with Crippen LogP contribution in [0.4, 0.5) is 5.69 Å². The average Bonchev–Trinajstić information content (AvgIpc) is 2.90. The topological polar surface area (TPSA) is 38.0 Å². The van der Waals surface area contributed by atoms with Crippen molar-refractivity contribution < 1.29 is 0 Å². The molecule has 0 spiro atoms. The van der Waals surface area contributed by atoms with E-state index in [1.54, 1.807) is 0 Å². The van der Waals surface area contributed by atoms with E-state index in [0.29, 0.717) is 12.1 Å². The number of fused-ring (bicyclic) bond motifs is 2. The molecule has 0 aromatic heterocycles. The van der Waals surface area contributed by atoms with Gasteiger partial charge in [-0.2, -0.15) is 0 Å². The van der Waals surface area contributed by atoms with Crippen LogP contribution in [0.2, 0.25) is 0 Å². The molecular weight excluding hydrogens is 256 g/mol. The molecule has 0 bridgehead atoms. The minimum Gasteiger partial charge on any atom is -0.399 e. The molecule has 2 atom stereocenters. The summed E-state index contributed by atoms with van der Waals surface area (Å²) in [5, 5.41) is 3.91. The largest absolute Gasteiger partial charge is 0.399 e. The first-order valence-corrected chi connectivity index (χ1v) is 8.03. The minimum atomic E-state index is 0.483. The van der Waals surface area contributed by atoms with Crippen LogP contribution in [0.25, 0.3) is 0 Å². The van der Waals surface area contributed by atoms with Crippen molar-refractivity contribution in [3.8, 4) is 0 Å². The Morgan fingerprint density at radius 1 is 0.857 bits per heavy atom. The highest BCUT2D eigenvalue weighted by Gasteiger charge is 2.27. The van der Waals surface area contributed by atoms with Gasteiger partial charge in [-0.1, -0.05) is 30.3 Å². The molecule has 4 rings (SSSR count). The highest BCUT2D eigenvalue weighted by Crippen LogP contribution is 2.37. The molecule has 2 aromatic rings. The van der Waals surface area contributed by atoms with Crippen molar-refractivity contribution in [2.24, 2.45) is 0 Å². The molecule has 0 heterocycles. The molecular formula is C19H22N2. The van der Waals surface area contributed by atoms with Crippen LogP contribution >= 0.6 is 0 Å². The molecule has 0 saturated carbocycles. The Morgan fingerprint density at radius 2 is 1.67 bits per heavy atom. The van der Waals surface area contributed by atoms with Crippen LogP contribution in [-0.4, -0.2) is 0 Å². The lowest BCUT2D eigenvalue weighted by Crippen LogP contribution is -2.28.